The summed E-state index contributed by atoms with van der Waals surface area (Å²) in [6, 6.07) is 4.12. The minimum atomic E-state index is -0.879. The number of aliphatic carboxylic acids is 1. The quantitative estimate of drug-likeness (QED) is 0.592. The van der Waals surface area contributed by atoms with E-state index in [0.29, 0.717) is 49.9 Å². The molecule has 0 aromatic carbocycles. The van der Waals surface area contributed by atoms with Crippen LogP contribution >= 0.6 is 0 Å². The number of carboxylic acids is 1. The maximum atomic E-state index is 12.2. The third-order valence-corrected chi connectivity index (χ3v) is 5.31. The number of carboxylic acid groups (broad SMARTS) is 1. The molecule has 2 aromatic rings. The topological polar surface area (TPSA) is 105 Å². The van der Waals surface area contributed by atoms with Crippen molar-refractivity contribution < 1.29 is 14.7 Å². The van der Waals surface area contributed by atoms with Crippen molar-refractivity contribution in [1.82, 2.24) is 15.0 Å². The summed E-state index contributed by atoms with van der Waals surface area (Å²) < 4.78 is 0. The first-order valence-corrected chi connectivity index (χ1v) is 10.3. The predicted octanol–water partition coefficient (Wildman–Crippen LogP) is 3.47. The van der Waals surface area contributed by atoms with E-state index in [1.54, 1.807) is 19.3 Å². The molecule has 1 aliphatic rings. The molecule has 3 rings (SSSR count). The minimum absolute atomic E-state index is 0.197. The lowest BCUT2D eigenvalue weighted by Gasteiger charge is -2.17. The molecule has 0 aliphatic carbocycles. The molecule has 1 atom stereocenters. The number of aromatic nitrogens is 3. The second-order valence-electron chi connectivity index (χ2n) is 7.58. The van der Waals surface area contributed by atoms with Crippen molar-refractivity contribution in [2.75, 3.05) is 11.9 Å². The Labute approximate surface area is 171 Å². The van der Waals surface area contributed by atoms with Gasteiger partial charge in [0, 0.05) is 43.0 Å². The van der Waals surface area contributed by atoms with Gasteiger partial charge < -0.3 is 10.4 Å². The zero-order valence-corrected chi connectivity index (χ0v) is 16.9. The van der Waals surface area contributed by atoms with Crippen molar-refractivity contribution >= 4 is 17.6 Å². The van der Waals surface area contributed by atoms with E-state index in [0.717, 1.165) is 30.9 Å². The van der Waals surface area contributed by atoms with Gasteiger partial charge in [-0.2, -0.15) is 0 Å². The zero-order chi connectivity index (χ0) is 20.6. The van der Waals surface area contributed by atoms with Crippen LogP contribution in [0.4, 0.5) is 5.82 Å². The number of carbonyl (C=O) groups is 2. The lowest BCUT2D eigenvalue weighted by atomic mass is 9.94. The zero-order valence-electron chi connectivity index (χ0n) is 16.9. The van der Waals surface area contributed by atoms with E-state index in [1.807, 2.05) is 6.07 Å². The number of anilines is 1. The van der Waals surface area contributed by atoms with Crippen LogP contribution < -0.4 is 5.32 Å². The summed E-state index contributed by atoms with van der Waals surface area (Å²) in [6.07, 6.45) is 8.78. The van der Waals surface area contributed by atoms with E-state index in [9.17, 15) is 14.7 Å². The molecule has 29 heavy (non-hydrogen) atoms. The molecule has 2 aromatic heterocycles. The summed E-state index contributed by atoms with van der Waals surface area (Å²) in [6.45, 7) is 2.72. The number of hydrogen-bond donors (Lipinski definition) is 2. The Morgan fingerprint density at radius 1 is 1.17 bits per heavy atom. The van der Waals surface area contributed by atoms with Gasteiger partial charge in [0.25, 0.3) is 0 Å². The Kier molecular flexibility index (Phi) is 7.27. The first-order valence-electron chi connectivity index (χ1n) is 10.3. The van der Waals surface area contributed by atoms with Crippen molar-refractivity contribution in [1.29, 1.82) is 0 Å². The average molecular weight is 396 g/mol. The van der Waals surface area contributed by atoms with Crippen molar-refractivity contribution in [3.63, 3.8) is 0 Å². The Hall–Kier alpha value is -2.83. The third kappa shape index (κ3) is 6.07. The maximum absolute atomic E-state index is 12.2. The molecule has 1 aliphatic heterocycles. The van der Waals surface area contributed by atoms with Crippen LogP contribution in [0.25, 0.3) is 0 Å². The van der Waals surface area contributed by atoms with Crippen LogP contribution in [-0.4, -0.2) is 38.4 Å². The summed E-state index contributed by atoms with van der Waals surface area (Å²) in [5.41, 5.74) is 2.80. The molecule has 0 radical (unpaired) electrons. The van der Waals surface area contributed by atoms with Crippen molar-refractivity contribution in [3.05, 3.63) is 47.2 Å². The summed E-state index contributed by atoms with van der Waals surface area (Å²) in [5, 5.41) is 12.8. The summed E-state index contributed by atoms with van der Waals surface area (Å²) in [7, 11) is 0. The van der Waals surface area contributed by atoms with Crippen LogP contribution in [0.15, 0.2) is 24.5 Å². The first-order chi connectivity index (χ1) is 14.0. The second-order valence-corrected chi connectivity index (χ2v) is 7.58. The predicted molar refractivity (Wildman–Crippen MR) is 110 cm³/mol. The van der Waals surface area contributed by atoms with Gasteiger partial charge in [0.2, 0.25) is 0 Å². The lowest BCUT2D eigenvalue weighted by molar-refractivity contribution is -0.139. The number of pyridine rings is 1. The highest BCUT2D eigenvalue weighted by atomic mass is 16.4. The maximum Gasteiger partial charge on any atom is 0.311 e. The first kappa shape index (κ1) is 20.9. The molecular formula is C22H28N4O3. The molecule has 0 amide bonds. The Balaban J connectivity index is 1.40. The number of nitrogens with one attached hydrogen (secondary N) is 1. The minimum Gasteiger partial charge on any atom is -0.481 e. The largest absolute Gasteiger partial charge is 0.481 e. The fraction of sp³-hybridized carbons (Fsp3) is 0.500. The molecule has 3 heterocycles. The van der Waals surface area contributed by atoms with Gasteiger partial charge in [0.1, 0.15) is 17.4 Å². The summed E-state index contributed by atoms with van der Waals surface area (Å²) >= 11 is 0. The number of rotatable bonds is 10. The van der Waals surface area contributed by atoms with Gasteiger partial charge in [-0.05, 0) is 50.7 Å². The molecule has 0 saturated carbocycles. The molecule has 154 valence electrons. The van der Waals surface area contributed by atoms with Gasteiger partial charge in [0.15, 0.2) is 0 Å². The van der Waals surface area contributed by atoms with Crippen LogP contribution in [0.5, 0.6) is 0 Å². The highest BCUT2D eigenvalue weighted by Crippen LogP contribution is 2.23. The van der Waals surface area contributed by atoms with Crippen LogP contribution in [-0.2, 0) is 22.4 Å². The Bertz CT molecular complexity index is 852. The molecule has 0 fully saturated rings. The van der Waals surface area contributed by atoms with E-state index < -0.39 is 11.9 Å². The smallest absolute Gasteiger partial charge is 0.311 e. The lowest BCUT2D eigenvalue weighted by Crippen LogP contribution is -2.14. The molecule has 0 spiro atoms. The van der Waals surface area contributed by atoms with Crippen LogP contribution in [0, 0.1) is 6.92 Å². The van der Waals surface area contributed by atoms with E-state index in [2.05, 4.69) is 26.3 Å². The van der Waals surface area contributed by atoms with Gasteiger partial charge >= 0.3 is 5.97 Å². The van der Waals surface area contributed by atoms with Crippen molar-refractivity contribution in [3.8, 4) is 0 Å². The number of unbranched alkanes of at least 4 members (excludes halogenated alkanes) is 1. The van der Waals surface area contributed by atoms with Crippen LogP contribution in [0.3, 0.4) is 0 Å². The van der Waals surface area contributed by atoms with Gasteiger partial charge in [-0.15, -0.1) is 0 Å². The number of aryl methyl sites for hydroxylation is 3. The molecule has 0 saturated heterocycles. The van der Waals surface area contributed by atoms with Gasteiger partial charge in [-0.1, -0.05) is 12.5 Å². The fourth-order valence-corrected chi connectivity index (χ4v) is 3.59. The number of Topliss-reactive ketones (excluding diaryl/α,β-unsaturated/α-hetero) is 1. The number of nitrogens with zero attached hydrogens (tertiary/aromatic N) is 3. The number of carbonyl (C=O) groups excluding carboxylic acids is 1. The molecule has 7 heteroatoms. The Morgan fingerprint density at radius 3 is 2.72 bits per heavy atom. The highest BCUT2D eigenvalue weighted by molar-refractivity contribution is 5.78. The molecular weight excluding hydrogens is 368 g/mol. The summed E-state index contributed by atoms with van der Waals surface area (Å²) in [4.78, 5) is 36.5. The monoisotopic (exact) mass is 396 g/mol. The van der Waals surface area contributed by atoms with Gasteiger partial charge in [-0.25, -0.2) is 15.0 Å². The van der Waals surface area contributed by atoms with Crippen LogP contribution in [0.1, 0.15) is 67.1 Å². The normalized spacial score (nSPS) is 14.0. The van der Waals surface area contributed by atoms with Gasteiger partial charge in [0.05, 0.1) is 5.92 Å². The molecule has 2 N–H and O–H groups in total. The van der Waals surface area contributed by atoms with E-state index in [4.69, 9.17) is 0 Å². The van der Waals surface area contributed by atoms with E-state index >= 15 is 0 Å². The van der Waals surface area contributed by atoms with Crippen molar-refractivity contribution in [2.45, 2.75) is 64.2 Å². The Morgan fingerprint density at radius 2 is 1.97 bits per heavy atom. The molecule has 0 unspecified atom stereocenters. The number of hydrogen-bond acceptors (Lipinski definition) is 6. The van der Waals surface area contributed by atoms with E-state index in [1.165, 1.54) is 5.56 Å². The van der Waals surface area contributed by atoms with Crippen LogP contribution in [0.2, 0.25) is 0 Å². The summed E-state index contributed by atoms with van der Waals surface area (Å²) in [5.74, 6) is 0.269. The fourth-order valence-electron chi connectivity index (χ4n) is 3.59. The average Bonchev–Trinajstić information content (AvgIpc) is 2.72. The standard InChI is InChI=1S/C22H28N4O3/c1-15-24-13-17(14-25-15)20(22(28)29)7-3-2-6-19(27)11-10-18-9-8-16-5-4-12-23-21(16)26-18/h8-9,13-14,20H,2-7,10-12H2,1H3,(H,23,26)(H,28,29)/t20-/m1/s1. The van der Waals surface area contributed by atoms with E-state index in [-0.39, 0.29) is 5.78 Å². The SMILES string of the molecule is Cc1ncc([C@@H](CCCCC(=O)CCc2ccc3c(n2)NCCC3)C(=O)O)cn1. The number of ketones is 1. The van der Waals surface area contributed by atoms with Crippen molar-refractivity contribution in [2.24, 2.45) is 0 Å². The van der Waals surface area contributed by atoms with Gasteiger partial charge in [-0.3, -0.25) is 9.59 Å². The third-order valence-electron chi connectivity index (χ3n) is 5.31. The number of fused-ring (bicyclic) bond motifs is 1. The molecule has 7 nitrogen and oxygen atoms in total. The molecule has 0 bridgehead atoms. The highest BCUT2D eigenvalue weighted by Gasteiger charge is 2.20. The second kappa shape index (κ2) is 10.1.